The second-order valence-electron chi connectivity index (χ2n) is 5.17. The molecule has 0 fully saturated rings. The molecule has 0 unspecified atom stereocenters. The van der Waals surface area contributed by atoms with Gasteiger partial charge in [0.1, 0.15) is 0 Å². The molecule has 2 rings (SSSR count). The van der Waals surface area contributed by atoms with E-state index in [2.05, 4.69) is 29.4 Å². The van der Waals surface area contributed by atoms with E-state index in [4.69, 9.17) is 5.73 Å². The molecule has 5 nitrogen and oxygen atoms in total. The maximum absolute atomic E-state index is 12.0. The van der Waals surface area contributed by atoms with Crippen molar-refractivity contribution in [1.29, 1.82) is 0 Å². The predicted octanol–water partition coefficient (Wildman–Crippen LogP) is 2.31. The Morgan fingerprint density at radius 2 is 2.26 bits per heavy atom. The van der Waals surface area contributed by atoms with Crippen LogP contribution in [0.2, 0.25) is 0 Å². The lowest BCUT2D eigenvalue weighted by Crippen LogP contribution is -2.25. The molecule has 0 atom stereocenters. The van der Waals surface area contributed by atoms with Gasteiger partial charge in [-0.05, 0) is 37.0 Å². The molecule has 0 aliphatic carbocycles. The molecular formula is C14H20N4O. The van der Waals surface area contributed by atoms with E-state index in [0.29, 0.717) is 23.8 Å². The normalized spacial score (nSPS) is 11.1. The highest BCUT2D eigenvalue weighted by molar-refractivity contribution is 6.05. The van der Waals surface area contributed by atoms with Crippen molar-refractivity contribution >= 4 is 22.5 Å². The van der Waals surface area contributed by atoms with Gasteiger partial charge in [-0.2, -0.15) is 5.10 Å². The second-order valence-corrected chi connectivity index (χ2v) is 5.17. The number of aromatic amines is 1. The molecule has 1 amide bonds. The number of carbonyl (C=O) groups is 1. The molecule has 19 heavy (non-hydrogen) atoms. The highest BCUT2D eigenvalue weighted by Gasteiger charge is 2.13. The van der Waals surface area contributed by atoms with Crippen molar-refractivity contribution < 1.29 is 4.79 Å². The fraction of sp³-hybridized carbons (Fsp3) is 0.429. The van der Waals surface area contributed by atoms with Crippen LogP contribution in [0.25, 0.3) is 10.9 Å². The molecule has 1 heterocycles. The number of nitrogens with zero attached hydrogens (tertiary/aromatic N) is 1. The first-order valence-corrected chi connectivity index (χ1v) is 6.59. The minimum atomic E-state index is -0.152. The number of aromatic nitrogens is 2. The van der Waals surface area contributed by atoms with Crippen LogP contribution >= 0.6 is 0 Å². The number of rotatable bonds is 5. The number of nitrogen functional groups attached to an aromatic ring is 1. The molecule has 5 heteroatoms. The topological polar surface area (TPSA) is 83.8 Å². The Morgan fingerprint density at radius 3 is 3.00 bits per heavy atom. The number of H-pyrrole nitrogens is 1. The first kappa shape index (κ1) is 13.4. The number of carbonyl (C=O) groups excluding carboxylic acids is 1. The molecule has 4 N–H and O–H groups in total. The number of hydrogen-bond donors (Lipinski definition) is 3. The highest BCUT2D eigenvalue weighted by Crippen LogP contribution is 2.18. The van der Waals surface area contributed by atoms with Gasteiger partial charge in [0, 0.05) is 17.6 Å². The molecule has 0 bridgehead atoms. The lowest BCUT2D eigenvalue weighted by molar-refractivity contribution is 0.0949. The Hall–Kier alpha value is -2.04. The summed E-state index contributed by atoms with van der Waals surface area (Å²) in [7, 11) is 0. The number of hydrogen-bond acceptors (Lipinski definition) is 3. The number of nitrogens with one attached hydrogen (secondary N) is 2. The molecule has 1 aromatic carbocycles. The summed E-state index contributed by atoms with van der Waals surface area (Å²) in [6.07, 6.45) is 2.09. The van der Waals surface area contributed by atoms with Crippen LogP contribution in [-0.4, -0.2) is 22.6 Å². The highest BCUT2D eigenvalue weighted by atomic mass is 16.1. The van der Waals surface area contributed by atoms with Gasteiger partial charge in [0.05, 0.1) is 5.52 Å². The molecule has 0 saturated heterocycles. The van der Waals surface area contributed by atoms with E-state index in [0.717, 1.165) is 23.7 Å². The van der Waals surface area contributed by atoms with Crippen molar-refractivity contribution in [2.24, 2.45) is 5.92 Å². The SMILES string of the molecule is CC(C)CCCNC(=O)c1n[nH]c2ccc(N)cc12. The van der Waals surface area contributed by atoms with Crippen molar-refractivity contribution in [1.82, 2.24) is 15.5 Å². The fourth-order valence-electron chi connectivity index (χ4n) is 2.00. The van der Waals surface area contributed by atoms with E-state index in [1.54, 1.807) is 12.1 Å². The van der Waals surface area contributed by atoms with Gasteiger partial charge in [-0.3, -0.25) is 9.89 Å². The number of anilines is 1. The third-order valence-corrected chi connectivity index (χ3v) is 3.05. The Balaban J connectivity index is 2.03. The molecule has 0 aliphatic rings. The van der Waals surface area contributed by atoms with E-state index in [-0.39, 0.29) is 5.91 Å². The maximum atomic E-state index is 12.0. The second kappa shape index (κ2) is 5.73. The molecule has 2 aromatic rings. The molecule has 0 saturated carbocycles. The zero-order valence-electron chi connectivity index (χ0n) is 11.4. The van der Waals surface area contributed by atoms with Crippen molar-refractivity contribution in [3.8, 4) is 0 Å². The van der Waals surface area contributed by atoms with Gasteiger partial charge >= 0.3 is 0 Å². The third kappa shape index (κ3) is 3.24. The van der Waals surface area contributed by atoms with Crippen molar-refractivity contribution in [3.05, 3.63) is 23.9 Å². The van der Waals surface area contributed by atoms with E-state index < -0.39 is 0 Å². The summed E-state index contributed by atoms with van der Waals surface area (Å²) >= 11 is 0. The molecule has 0 radical (unpaired) electrons. The molecule has 102 valence electrons. The first-order chi connectivity index (χ1) is 9.08. The van der Waals surface area contributed by atoms with E-state index >= 15 is 0 Å². The average molecular weight is 260 g/mol. The fourth-order valence-corrected chi connectivity index (χ4v) is 2.00. The predicted molar refractivity (Wildman–Crippen MR) is 76.9 cm³/mol. The van der Waals surface area contributed by atoms with Crippen LogP contribution in [0.15, 0.2) is 18.2 Å². The molecule has 0 spiro atoms. The van der Waals surface area contributed by atoms with Crippen LogP contribution in [-0.2, 0) is 0 Å². The van der Waals surface area contributed by atoms with Crippen LogP contribution < -0.4 is 11.1 Å². The van der Waals surface area contributed by atoms with Crippen molar-refractivity contribution in [2.45, 2.75) is 26.7 Å². The molecular weight excluding hydrogens is 240 g/mol. The van der Waals surface area contributed by atoms with Gasteiger partial charge in [0.2, 0.25) is 0 Å². The Kier molecular flexibility index (Phi) is 4.04. The largest absolute Gasteiger partial charge is 0.399 e. The summed E-state index contributed by atoms with van der Waals surface area (Å²) in [4.78, 5) is 12.0. The Bertz CT molecular complexity index is 574. The standard InChI is InChI=1S/C14H20N4O/c1-9(2)4-3-7-16-14(19)13-11-8-10(15)5-6-12(11)17-18-13/h5-6,8-9H,3-4,7,15H2,1-2H3,(H,16,19)(H,17,18). The summed E-state index contributed by atoms with van der Waals surface area (Å²) < 4.78 is 0. The van der Waals surface area contributed by atoms with E-state index in [9.17, 15) is 4.79 Å². The van der Waals surface area contributed by atoms with Gasteiger partial charge in [-0.15, -0.1) is 0 Å². The lowest BCUT2D eigenvalue weighted by atomic mass is 10.1. The van der Waals surface area contributed by atoms with Crippen LogP contribution in [0.5, 0.6) is 0 Å². The summed E-state index contributed by atoms with van der Waals surface area (Å²) in [6, 6.07) is 5.37. The lowest BCUT2D eigenvalue weighted by Gasteiger charge is -2.05. The Labute approximate surface area is 112 Å². The maximum Gasteiger partial charge on any atom is 0.272 e. The summed E-state index contributed by atoms with van der Waals surface area (Å²) in [6.45, 7) is 5.02. The van der Waals surface area contributed by atoms with Crippen LogP contribution in [0.3, 0.4) is 0 Å². The monoisotopic (exact) mass is 260 g/mol. The number of nitrogens with two attached hydrogens (primary N) is 1. The smallest absolute Gasteiger partial charge is 0.272 e. The first-order valence-electron chi connectivity index (χ1n) is 6.59. The van der Waals surface area contributed by atoms with Crippen LogP contribution in [0.4, 0.5) is 5.69 Å². The molecule has 0 aliphatic heterocycles. The minimum absolute atomic E-state index is 0.152. The van der Waals surface area contributed by atoms with Gasteiger partial charge in [0.25, 0.3) is 5.91 Å². The average Bonchev–Trinajstić information content (AvgIpc) is 2.77. The van der Waals surface area contributed by atoms with Gasteiger partial charge in [0.15, 0.2) is 5.69 Å². The van der Waals surface area contributed by atoms with Gasteiger partial charge in [-0.25, -0.2) is 0 Å². The summed E-state index contributed by atoms with van der Waals surface area (Å²) in [5.41, 5.74) is 7.59. The zero-order valence-corrected chi connectivity index (χ0v) is 11.4. The van der Waals surface area contributed by atoms with E-state index in [1.165, 1.54) is 0 Å². The zero-order chi connectivity index (χ0) is 13.8. The number of amides is 1. The summed E-state index contributed by atoms with van der Waals surface area (Å²) in [5.74, 6) is 0.503. The summed E-state index contributed by atoms with van der Waals surface area (Å²) in [5, 5.41) is 10.6. The Morgan fingerprint density at radius 1 is 1.47 bits per heavy atom. The van der Waals surface area contributed by atoms with Crippen LogP contribution in [0.1, 0.15) is 37.2 Å². The van der Waals surface area contributed by atoms with Crippen molar-refractivity contribution in [2.75, 3.05) is 12.3 Å². The minimum Gasteiger partial charge on any atom is -0.399 e. The van der Waals surface area contributed by atoms with Gasteiger partial charge in [-0.1, -0.05) is 13.8 Å². The number of benzene rings is 1. The van der Waals surface area contributed by atoms with E-state index in [1.807, 2.05) is 6.07 Å². The third-order valence-electron chi connectivity index (χ3n) is 3.05. The molecule has 1 aromatic heterocycles. The quantitative estimate of drug-likeness (QED) is 0.569. The van der Waals surface area contributed by atoms with Crippen LogP contribution in [0, 0.1) is 5.92 Å². The number of fused-ring (bicyclic) bond motifs is 1. The van der Waals surface area contributed by atoms with Gasteiger partial charge < -0.3 is 11.1 Å². The van der Waals surface area contributed by atoms with Crippen molar-refractivity contribution in [3.63, 3.8) is 0 Å².